The summed E-state index contributed by atoms with van der Waals surface area (Å²) in [6.07, 6.45) is 3.69. The maximum Gasteiger partial charge on any atom is 0.202 e. The standard InChI is InChI=1S/C14H15NO3/c16-10-7-5-9(6-8-10)15-13(17)11-3-1-2-4-12(11)14(15)18/h5-8,16-18H,1-4H2. The number of hydrogen-bond acceptors (Lipinski definition) is 3. The molecule has 3 rings (SSSR count). The smallest absolute Gasteiger partial charge is 0.202 e. The molecule has 18 heavy (non-hydrogen) atoms. The molecule has 1 aromatic heterocycles. The molecule has 0 unspecified atom stereocenters. The predicted octanol–water partition coefficient (Wildman–Crippen LogP) is 2.47. The topological polar surface area (TPSA) is 65.6 Å². The molecule has 4 nitrogen and oxygen atoms in total. The van der Waals surface area contributed by atoms with Gasteiger partial charge in [0.1, 0.15) is 5.75 Å². The number of phenols is 1. The molecular formula is C14H15NO3. The summed E-state index contributed by atoms with van der Waals surface area (Å²) in [6.45, 7) is 0. The van der Waals surface area contributed by atoms with E-state index in [2.05, 4.69) is 0 Å². The van der Waals surface area contributed by atoms with Crippen molar-refractivity contribution in [2.45, 2.75) is 25.7 Å². The van der Waals surface area contributed by atoms with Gasteiger partial charge < -0.3 is 15.3 Å². The Morgan fingerprint density at radius 2 is 1.28 bits per heavy atom. The Kier molecular flexibility index (Phi) is 2.44. The highest BCUT2D eigenvalue weighted by atomic mass is 16.3. The quantitative estimate of drug-likeness (QED) is 0.723. The molecule has 1 aliphatic rings. The molecule has 0 amide bonds. The summed E-state index contributed by atoms with van der Waals surface area (Å²) >= 11 is 0. The van der Waals surface area contributed by atoms with Gasteiger partial charge in [-0.15, -0.1) is 0 Å². The van der Waals surface area contributed by atoms with Crippen LogP contribution in [-0.2, 0) is 12.8 Å². The Bertz CT molecular complexity index is 555. The zero-order valence-electron chi connectivity index (χ0n) is 9.93. The number of aromatic nitrogens is 1. The zero-order valence-corrected chi connectivity index (χ0v) is 9.93. The van der Waals surface area contributed by atoms with Crippen LogP contribution in [0.3, 0.4) is 0 Å². The monoisotopic (exact) mass is 245 g/mol. The van der Waals surface area contributed by atoms with E-state index in [-0.39, 0.29) is 17.5 Å². The first-order valence-corrected chi connectivity index (χ1v) is 6.12. The molecule has 4 heteroatoms. The third-order valence-corrected chi connectivity index (χ3v) is 3.54. The molecule has 1 aromatic carbocycles. The lowest BCUT2D eigenvalue weighted by Crippen LogP contribution is -1.98. The van der Waals surface area contributed by atoms with Crippen LogP contribution in [0, 0.1) is 0 Å². The van der Waals surface area contributed by atoms with Crippen molar-refractivity contribution >= 4 is 0 Å². The Balaban J connectivity index is 2.17. The van der Waals surface area contributed by atoms with Gasteiger partial charge in [-0.3, -0.25) is 4.57 Å². The van der Waals surface area contributed by atoms with Gasteiger partial charge in [-0.25, -0.2) is 0 Å². The second kappa shape index (κ2) is 3.98. The Morgan fingerprint density at radius 3 is 1.78 bits per heavy atom. The van der Waals surface area contributed by atoms with Crippen molar-refractivity contribution in [2.24, 2.45) is 0 Å². The van der Waals surface area contributed by atoms with Gasteiger partial charge in [-0.2, -0.15) is 0 Å². The van der Waals surface area contributed by atoms with E-state index in [1.807, 2.05) is 0 Å². The molecule has 0 fully saturated rings. The van der Waals surface area contributed by atoms with Gasteiger partial charge in [0.15, 0.2) is 0 Å². The lowest BCUT2D eigenvalue weighted by atomic mass is 9.95. The minimum atomic E-state index is 0.118. The van der Waals surface area contributed by atoms with Crippen LogP contribution in [0.1, 0.15) is 24.0 Å². The van der Waals surface area contributed by atoms with Gasteiger partial charge in [0.25, 0.3) is 0 Å². The molecule has 0 bridgehead atoms. The Labute approximate surface area is 105 Å². The van der Waals surface area contributed by atoms with Crippen molar-refractivity contribution in [3.05, 3.63) is 35.4 Å². The average Bonchev–Trinajstić information content (AvgIpc) is 2.64. The van der Waals surface area contributed by atoms with Crippen molar-refractivity contribution in [1.82, 2.24) is 4.57 Å². The fourth-order valence-electron chi connectivity index (χ4n) is 2.62. The number of benzene rings is 1. The molecule has 1 heterocycles. The summed E-state index contributed by atoms with van der Waals surface area (Å²) in [4.78, 5) is 0. The van der Waals surface area contributed by atoms with Gasteiger partial charge in [0, 0.05) is 11.1 Å². The van der Waals surface area contributed by atoms with Gasteiger partial charge in [-0.05, 0) is 49.9 Å². The van der Waals surface area contributed by atoms with Crippen LogP contribution < -0.4 is 0 Å². The average molecular weight is 245 g/mol. The van der Waals surface area contributed by atoms with Gasteiger partial charge in [0.05, 0.1) is 5.69 Å². The minimum Gasteiger partial charge on any atom is -0.508 e. The third kappa shape index (κ3) is 1.53. The molecule has 0 saturated carbocycles. The van der Waals surface area contributed by atoms with Crippen molar-refractivity contribution in [3.8, 4) is 23.2 Å². The van der Waals surface area contributed by atoms with E-state index in [0.29, 0.717) is 5.69 Å². The number of hydrogen-bond donors (Lipinski definition) is 3. The first-order valence-electron chi connectivity index (χ1n) is 6.12. The highest BCUT2D eigenvalue weighted by molar-refractivity contribution is 5.54. The molecule has 0 atom stereocenters. The lowest BCUT2D eigenvalue weighted by molar-refractivity contribution is 0.399. The highest BCUT2D eigenvalue weighted by Gasteiger charge is 2.24. The SMILES string of the molecule is Oc1ccc(-n2c(O)c3c(c2O)CCCC3)cc1. The van der Waals surface area contributed by atoms with Crippen LogP contribution in [0.15, 0.2) is 24.3 Å². The summed E-state index contributed by atoms with van der Waals surface area (Å²) < 4.78 is 1.44. The summed E-state index contributed by atoms with van der Waals surface area (Å²) in [5, 5.41) is 29.7. The van der Waals surface area contributed by atoms with Crippen molar-refractivity contribution in [1.29, 1.82) is 0 Å². The molecule has 3 N–H and O–H groups in total. The van der Waals surface area contributed by atoms with Gasteiger partial charge in [-0.1, -0.05) is 0 Å². The van der Waals surface area contributed by atoms with Crippen molar-refractivity contribution < 1.29 is 15.3 Å². The predicted molar refractivity (Wildman–Crippen MR) is 67.4 cm³/mol. The second-order valence-electron chi connectivity index (χ2n) is 4.66. The lowest BCUT2D eigenvalue weighted by Gasteiger charge is -2.09. The first-order chi connectivity index (χ1) is 8.68. The fraction of sp³-hybridized carbons (Fsp3) is 0.286. The van der Waals surface area contributed by atoms with E-state index >= 15 is 0 Å². The number of aromatic hydroxyl groups is 3. The summed E-state index contributed by atoms with van der Waals surface area (Å²) in [6, 6.07) is 6.40. The van der Waals surface area contributed by atoms with Crippen LogP contribution in [0.4, 0.5) is 0 Å². The number of rotatable bonds is 1. The Hall–Kier alpha value is -2.10. The molecule has 0 radical (unpaired) electrons. The molecule has 0 saturated heterocycles. The van der Waals surface area contributed by atoms with E-state index in [1.165, 1.54) is 16.7 Å². The number of nitrogens with zero attached hydrogens (tertiary/aromatic N) is 1. The Morgan fingerprint density at radius 1 is 0.778 bits per heavy atom. The molecule has 0 aliphatic heterocycles. The van der Waals surface area contributed by atoms with Crippen molar-refractivity contribution in [2.75, 3.05) is 0 Å². The molecule has 0 spiro atoms. The molecule has 1 aliphatic carbocycles. The summed E-state index contributed by atoms with van der Waals surface area (Å²) in [5.74, 6) is 0.399. The molecule has 2 aromatic rings. The summed E-state index contributed by atoms with van der Waals surface area (Å²) in [5.41, 5.74) is 2.36. The van der Waals surface area contributed by atoms with Gasteiger partial charge in [0.2, 0.25) is 11.8 Å². The maximum absolute atomic E-state index is 10.2. The summed E-state index contributed by atoms with van der Waals surface area (Å²) in [7, 11) is 0. The van der Waals surface area contributed by atoms with E-state index in [1.54, 1.807) is 12.1 Å². The van der Waals surface area contributed by atoms with E-state index < -0.39 is 0 Å². The van der Waals surface area contributed by atoms with Crippen LogP contribution in [-0.4, -0.2) is 19.9 Å². The fourth-order valence-corrected chi connectivity index (χ4v) is 2.62. The van der Waals surface area contributed by atoms with E-state index in [9.17, 15) is 15.3 Å². The minimum absolute atomic E-state index is 0.118. The number of phenolic OH excluding ortho intramolecular Hbond substituents is 1. The van der Waals surface area contributed by atoms with E-state index in [0.717, 1.165) is 36.8 Å². The zero-order chi connectivity index (χ0) is 12.7. The highest BCUT2D eigenvalue weighted by Crippen LogP contribution is 2.40. The van der Waals surface area contributed by atoms with E-state index in [4.69, 9.17) is 0 Å². The molecular weight excluding hydrogens is 230 g/mol. The first kappa shape index (κ1) is 11.0. The van der Waals surface area contributed by atoms with Gasteiger partial charge >= 0.3 is 0 Å². The maximum atomic E-state index is 10.2. The normalized spacial score (nSPS) is 14.4. The third-order valence-electron chi connectivity index (χ3n) is 3.54. The van der Waals surface area contributed by atoms with Crippen LogP contribution in [0.2, 0.25) is 0 Å². The molecule has 94 valence electrons. The van der Waals surface area contributed by atoms with Crippen LogP contribution in [0.5, 0.6) is 17.5 Å². The second-order valence-corrected chi connectivity index (χ2v) is 4.66. The van der Waals surface area contributed by atoms with Crippen LogP contribution in [0.25, 0.3) is 5.69 Å². The van der Waals surface area contributed by atoms with Crippen LogP contribution >= 0.6 is 0 Å². The largest absolute Gasteiger partial charge is 0.508 e. The van der Waals surface area contributed by atoms with Crippen molar-refractivity contribution in [3.63, 3.8) is 0 Å². The number of fused-ring (bicyclic) bond motifs is 1.